The summed E-state index contributed by atoms with van der Waals surface area (Å²) in [5.74, 6) is 0.0125. The number of benzene rings is 2. The highest BCUT2D eigenvalue weighted by atomic mass is 35.5. The van der Waals surface area contributed by atoms with E-state index in [1.165, 1.54) is 0 Å². The molecule has 0 radical (unpaired) electrons. The van der Waals surface area contributed by atoms with Gasteiger partial charge in [0.1, 0.15) is 11.9 Å². The summed E-state index contributed by atoms with van der Waals surface area (Å²) in [6.45, 7) is 2.30. The Morgan fingerprint density at radius 2 is 2.03 bits per heavy atom. The minimum Gasteiger partial charge on any atom is -0.378 e. The molecule has 8 heteroatoms. The number of nitrogens with one attached hydrogen (secondary N) is 2. The molecule has 1 aliphatic rings. The zero-order valence-corrected chi connectivity index (χ0v) is 17.4. The van der Waals surface area contributed by atoms with Crippen LogP contribution < -0.4 is 10.6 Å². The number of ether oxygens (including phenoxy) is 1. The molecule has 0 saturated carbocycles. The zero-order chi connectivity index (χ0) is 21.3. The molecule has 2 N–H and O–H groups in total. The fourth-order valence-electron chi connectivity index (χ4n) is 3.53. The predicted octanol–water partition coefficient (Wildman–Crippen LogP) is 4.18. The molecule has 154 valence electrons. The van der Waals surface area contributed by atoms with Crippen LogP contribution in [0.4, 0.5) is 11.5 Å². The Kier molecular flexibility index (Phi) is 5.57. The Bertz CT molecular complexity index is 1110. The molecule has 0 bridgehead atoms. The van der Waals surface area contributed by atoms with Crippen molar-refractivity contribution in [2.75, 3.05) is 17.7 Å². The van der Waals surface area contributed by atoms with Crippen molar-refractivity contribution in [2.45, 2.75) is 26.0 Å². The summed E-state index contributed by atoms with van der Waals surface area (Å²) in [6.07, 6.45) is -0.0488. The molecular weight excluding hydrogens is 404 g/mol. The summed E-state index contributed by atoms with van der Waals surface area (Å²) in [6, 6.07) is 14.1. The summed E-state index contributed by atoms with van der Waals surface area (Å²) in [4.78, 5) is 25.2. The lowest BCUT2D eigenvalue weighted by molar-refractivity contribution is -0.123. The molecule has 3 aromatic rings. The van der Waals surface area contributed by atoms with E-state index in [9.17, 15) is 9.59 Å². The molecule has 4 rings (SSSR count). The van der Waals surface area contributed by atoms with Crippen LogP contribution in [0.25, 0.3) is 11.1 Å². The van der Waals surface area contributed by atoms with E-state index in [4.69, 9.17) is 16.3 Å². The third kappa shape index (κ3) is 3.94. The van der Waals surface area contributed by atoms with Gasteiger partial charge in [-0.05, 0) is 30.7 Å². The second-order valence-corrected chi connectivity index (χ2v) is 7.62. The van der Waals surface area contributed by atoms with Gasteiger partial charge in [0.25, 0.3) is 5.91 Å². The van der Waals surface area contributed by atoms with Crippen molar-refractivity contribution in [1.29, 1.82) is 0 Å². The van der Waals surface area contributed by atoms with E-state index < -0.39 is 6.04 Å². The predicted molar refractivity (Wildman–Crippen MR) is 115 cm³/mol. The summed E-state index contributed by atoms with van der Waals surface area (Å²) >= 11 is 5.97. The lowest BCUT2D eigenvalue weighted by atomic mass is 10.0. The van der Waals surface area contributed by atoms with Gasteiger partial charge in [0, 0.05) is 23.4 Å². The van der Waals surface area contributed by atoms with Crippen LogP contribution >= 0.6 is 11.6 Å². The van der Waals surface area contributed by atoms with Gasteiger partial charge in [-0.3, -0.25) is 9.59 Å². The van der Waals surface area contributed by atoms with E-state index in [2.05, 4.69) is 15.7 Å². The molecule has 30 heavy (non-hydrogen) atoms. The number of aromatic nitrogens is 2. The van der Waals surface area contributed by atoms with Gasteiger partial charge in [-0.25, -0.2) is 4.68 Å². The van der Waals surface area contributed by atoms with Gasteiger partial charge in [0.05, 0.1) is 18.7 Å². The minimum absolute atomic E-state index is 0.0488. The number of carbonyl (C=O) groups excluding carboxylic acids is 2. The zero-order valence-electron chi connectivity index (χ0n) is 16.6. The maximum Gasteiger partial charge on any atom is 0.251 e. The summed E-state index contributed by atoms with van der Waals surface area (Å²) in [5, 5.41) is 10.8. The molecule has 1 unspecified atom stereocenters. The largest absolute Gasteiger partial charge is 0.378 e. The van der Waals surface area contributed by atoms with E-state index in [0.717, 1.165) is 16.7 Å². The Morgan fingerprint density at radius 3 is 2.73 bits per heavy atom. The van der Waals surface area contributed by atoms with Crippen LogP contribution in [-0.2, 0) is 20.9 Å². The van der Waals surface area contributed by atoms with Crippen molar-refractivity contribution in [3.05, 3.63) is 64.8 Å². The molecule has 2 heterocycles. The van der Waals surface area contributed by atoms with Crippen molar-refractivity contribution in [1.82, 2.24) is 9.78 Å². The third-order valence-electron chi connectivity index (χ3n) is 4.93. The van der Waals surface area contributed by atoms with Crippen LogP contribution in [0.5, 0.6) is 0 Å². The maximum absolute atomic E-state index is 12.6. The van der Waals surface area contributed by atoms with Gasteiger partial charge in [-0.2, -0.15) is 5.10 Å². The van der Waals surface area contributed by atoms with E-state index >= 15 is 0 Å². The molecule has 1 aromatic heterocycles. The number of amides is 2. The number of fused-ring (bicyclic) bond motifs is 1. The van der Waals surface area contributed by atoms with Crippen molar-refractivity contribution in [3.8, 4) is 11.1 Å². The second kappa shape index (κ2) is 8.30. The normalized spacial score (nSPS) is 15.0. The molecular formula is C22H21ClN4O3. The Labute approximate surface area is 179 Å². The second-order valence-electron chi connectivity index (χ2n) is 7.18. The smallest absolute Gasteiger partial charge is 0.251 e. The van der Waals surface area contributed by atoms with Gasteiger partial charge < -0.3 is 15.4 Å². The molecule has 2 amide bonds. The average molecular weight is 425 g/mol. The number of hydrogen-bond donors (Lipinski definition) is 2. The number of rotatable bonds is 6. The van der Waals surface area contributed by atoms with Crippen LogP contribution in [0.3, 0.4) is 0 Å². The van der Waals surface area contributed by atoms with Gasteiger partial charge in [-0.1, -0.05) is 47.5 Å². The number of anilines is 2. The summed E-state index contributed by atoms with van der Waals surface area (Å²) < 4.78 is 6.89. The first-order chi connectivity index (χ1) is 14.5. The first-order valence-corrected chi connectivity index (χ1v) is 9.87. The first kappa shape index (κ1) is 20.1. The lowest BCUT2D eigenvalue weighted by Gasteiger charge is -2.10. The standard InChI is InChI=1S/C22H21ClN4O3/c1-13-6-8-14(9-7-13)20-17(12-30-2)26-27-18(22(29)25-21(20)27)11-19(28)24-16-5-3-4-15(23)10-16/h3-10,18H,11-12H2,1-2H3,(H,24,28)(H,25,29). The van der Waals surface area contributed by atoms with Crippen LogP contribution in [0.15, 0.2) is 48.5 Å². The number of methoxy groups -OCH3 is 1. The van der Waals surface area contributed by atoms with Gasteiger partial charge in [0.15, 0.2) is 0 Å². The number of nitrogens with zero attached hydrogens (tertiary/aromatic N) is 2. The quantitative estimate of drug-likeness (QED) is 0.621. The topological polar surface area (TPSA) is 85.2 Å². The highest BCUT2D eigenvalue weighted by Gasteiger charge is 2.37. The lowest BCUT2D eigenvalue weighted by Crippen LogP contribution is -2.24. The Balaban J connectivity index is 1.62. The van der Waals surface area contributed by atoms with Crippen LogP contribution in [-0.4, -0.2) is 28.7 Å². The van der Waals surface area contributed by atoms with E-state index in [0.29, 0.717) is 28.8 Å². The molecule has 0 saturated heterocycles. The van der Waals surface area contributed by atoms with Crippen molar-refractivity contribution >= 4 is 34.9 Å². The fraction of sp³-hybridized carbons (Fsp3) is 0.227. The van der Waals surface area contributed by atoms with Gasteiger partial charge in [-0.15, -0.1) is 0 Å². The fourth-order valence-corrected chi connectivity index (χ4v) is 3.72. The molecule has 2 aromatic carbocycles. The number of hydrogen-bond acceptors (Lipinski definition) is 4. The Hall–Kier alpha value is -3.16. The molecule has 0 fully saturated rings. The maximum atomic E-state index is 12.6. The van der Waals surface area contributed by atoms with E-state index in [1.54, 1.807) is 36.1 Å². The number of halogens is 1. The SMILES string of the molecule is COCc1nn2c(c1-c1ccc(C)cc1)NC(=O)C2CC(=O)Nc1cccc(Cl)c1. The van der Waals surface area contributed by atoms with Gasteiger partial charge >= 0.3 is 0 Å². The number of carbonyl (C=O) groups is 2. The summed E-state index contributed by atoms with van der Waals surface area (Å²) in [7, 11) is 1.60. The highest BCUT2D eigenvalue weighted by molar-refractivity contribution is 6.30. The highest BCUT2D eigenvalue weighted by Crippen LogP contribution is 2.39. The van der Waals surface area contributed by atoms with Crippen LogP contribution in [0.1, 0.15) is 23.7 Å². The molecule has 1 aliphatic heterocycles. The molecule has 0 spiro atoms. The van der Waals surface area contributed by atoms with Crippen molar-refractivity contribution in [2.24, 2.45) is 0 Å². The third-order valence-corrected chi connectivity index (χ3v) is 5.17. The monoisotopic (exact) mass is 424 g/mol. The van der Waals surface area contributed by atoms with E-state index in [-0.39, 0.29) is 18.2 Å². The van der Waals surface area contributed by atoms with Gasteiger partial charge in [0.2, 0.25) is 5.91 Å². The first-order valence-electron chi connectivity index (χ1n) is 9.50. The molecule has 0 aliphatic carbocycles. The number of aryl methyl sites for hydroxylation is 1. The average Bonchev–Trinajstić information content (AvgIpc) is 3.18. The van der Waals surface area contributed by atoms with E-state index in [1.807, 2.05) is 31.2 Å². The van der Waals surface area contributed by atoms with Crippen LogP contribution in [0, 0.1) is 6.92 Å². The Morgan fingerprint density at radius 1 is 1.27 bits per heavy atom. The molecule has 7 nitrogen and oxygen atoms in total. The molecule has 1 atom stereocenters. The van der Waals surface area contributed by atoms with Crippen molar-refractivity contribution in [3.63, 3.8) is 0 Å². The van der Waals surface area contributed by atoms with Crippen LogP contribution in [0.2, 0.25) is 5.02 Å². The van der Waals surface area contributed by atoms with Crippen molar-refractivity contribution < 1.29 is 14.3 Å². The minimum atomic E-state index is -0.742. The summed E-state index contributed by atoms with van der Waals surface area (Å²) in [5.41, 5.74) is 4.15.